The first-order chi connectivity index (χ1) is 8.19. The van der Waals surface area contributed by atoms with Gasteiger partial charge in [0.2, 0.25) is 6.79 Å². The highest BCUT2D eigenvalue weighted by Crippen LogP contribution is 2.42. The summed E-state index contributed by atoms with van der Waals surface area (Å²) in [6, 6.07) is 1.56. The molecule has 1 aliphatic rings. The van der Waals surface area contributed by atoms with Crippen LogP contribution < -0.4 is 14.8 Å². The molecule has 0 radical (unpaired) electrons. The van der Waals surface area contributed by atoms with Crippen LogP contribution in [-0.4, -0.2) is 32.5 Å². The molecule has 1 aromatic rings. The van der Waals surface area contributed by atoms with Gasteiger partial charge >= 0.3 is 0 Å². The minimum atomic E-state index is -0.126. The topological polar surface area (TPSA) is 64.6 Å². The van der Waals surface area contributed by atoms with Crippen molar-refractivity contribution in [3.63, 3.8) is 0 Å². The minimum Gasteiger partial charge on any atom is -0.453 e. The number of aldehydes is 1. The third-order valence-corrected chi connectivity index (χ3v) is 2.99. The highest BCUT2D eigenvalue weighted by molar-refractivity contribution is 9.10. The van der Waals surface area contributed by atoms with Gasteiger partial charge in [0.25, 0.3) is 0 Å². The number of fused-ring (bicyclic) bond motifs is 1. The molecule has 5 nitrogen and oxygen atoms in total. The molecule has 6 heteroatoms. The van der Waals surface area contributed by atoms with Crippen molar-refractivity contribution >= 4 is 28.0 Å². The summed E-state index contributed by atoms with van der Waals surface area (Å²) in [6.45, 7) is 0.210. The number of halogens is 1. The monoisotopic (exact) mass is 299 g/mol. The number of carbonyl (C=O) groups is 2. The molecule has 0 saturated heterocycles. The maximum atomic E-state index is 11.9. The van der Waals surface area contributed by atoms with Gasteiger partial charge in [0.15, 0.2) is 23.6 Å². The first kappa shape index (κ1) is 12.1. The van der Waals surface area contributed by atoms with Crippen molar-refractivity contribution in [1.29, 1.82) is 0 Å². The summed E-state index contributed by atoms with van der Waals surface area (Å²) in [5.41, 5.74) is 0.767. The number of carbonyl (C=O) groups excluding carboxylic acids is 2. The van der Waals surface area contributed by atoms with Crippen molar-refractivity contribution in [2.75, 3.05) is 20.4 Å². The molecule has 0 unspecified atom stereocenters. The summed E-state index contributed by atoms with van der Waals surface area (Å²) in [6.07, 6.45) is 0.671. The lowest BCUT2D eigenvalue weighted by Gasteiger charge is -2.08. The van der Waals surface area contributed by atoms with Crippen LogP contribution in [0, 0.1) is 0 Å². The van der Waals surface area contributed by atoms with Gasteiger partial charge in [-0.2, -0.15) is 0 Å². The molecule has 0 aliphatic carbocycles. The lowest BCUT2D eigenvalue weighted by Crippen LogP contribution is -2.19. The molecule has 0 amide bonds. The second-order valence-electron chi connectivity index (χ2n) is 3.46. The van der Waals surface area contributed by atoms with E-state index in [1.807, 2.05) is 0 Å². The molecule has 2 rings (SSSR count). The number of benzene rings is 1. The third-order valence-electron chi connectivity index (χ3n) is 2.37. The average molecular weight is 300 g/mol. The van der Waals surface area contributed by atoms with E-state index < -0.39 is 0 Å². The Morgan fingerprint density at radius 3 is 2.88 bits per heavy atom. The lowest BCUT2D eigenvalue weighted by molar-refractivity contribution is 0.0987. The molecular formula is C11H10BrNO4. The third kappa shape index (κ3) is 2.05. The molecule has 0 saturated carbocycles. The fourth-order valence-electron chi connectivity index (χ4n) is 1.66. The molecule has 1 heterocycles. The Morgan fingerprint density at radius 1 is 1.53 bits per heavy atom. The van der Waals surface area contributed by atoms with Crippen LogP contribution in [0.25, 0.3) is 0 Å². The van der Waals surface area contributed by atoms with E-state index in [0.29, 0.717) is 33.4 Å². The Balaban J connectivity index is 2.57. The van der Waals surface area contributed by atoms with Gasteiger partial charge in [0.1, 0.15) is 0 Å². The van der Waals surface area contributed by atoms with E-state index in [4.69, 9.17) is 9.47 Å². The van der Waals surface area contributed by atoms with Crippen molar-refractivity contribution in [3.8, 4) is 11.5 Å². The Morgan fingerprint density at radius 2 is 2.24 bits per heavy atom. The van der Waals surface area contributed by atoms with Crippen LogP contribution in [0.1, 0.15) is 20.7 Å². The normalized spacial score (nSPS) is 12.6. The molecule has 1 aromatic carbocycles. The Hall–Kier alpha value is -1.40. The van der Waals surface area contributed by atoms with Gasteiger partial charge in [-0.15, -0.1) is 0 Å². The SMILES string of the molecule is CNCC(=O)c1c(Br)cc(C=O)c2c1OCO2. The van der Waals surface area contributed by atoms with Crippen molar-refractivity contribution in [2.24, 2.45) is 0 Å². The lowest BCUT2D eigenvalue weighted by atomic mass is 10.1. The van der Waals surface area contributed by atoms with Crippen LogP contribution in [0.3, 0.4) is 0 Å². The zero-order chi connectivity index (χ0) is 12.4. The molecule has 0 atom stereocenters. The summed E-state index contributed by atoms with van der Waals surface area (Å²) < 4.78 is 11.0. The summed E-state index contributed by atoms with van der Waals surface area (Å²) >= 11 is 3.27. The average Bonchev–Trinajstić information content (AvgIpc) is 2.76. The molecule has 17 heavy (non-hydrogen) atoms. The van der Waals surface area contributed by atoms with Gasteiger partial charge < -0.3 is 14.8 Å². The van der Waals surface area contributed by atoms with Crippen LogP contribution in [0.4, 0.5) is 0 Å². The van der Waals surface area contributed by atoms with E-state index >= 15 is 0 Å². The minimum absolute atomic E-state index is 0.0203. The maximum Gasteiger partial charge on any atom is 0.231 e. The van der Waals surface area contributed by atoms with Gasteiger partial charge in [0.05, 0.1) is 17.7 Å². The number of ketones is 1. The van der Waals surface area contributed by atoms with E-state index in [9.17, 15) is 9.59 Å². The Bertz CT molecular complexity index is 487. The summed E-state index contributed by atoms with van der Waals surface area (Å²) in [7, 11) is 1.68. The maximum absolute atomic E-state index is 11.9. The Kier molecular flexibility index (Phi) is 3.44. The van der Waals surface area contributed by atoms with Crippen molar-refractivity contribution < 1.29 is 19.1 Å². The van der Waals surface area contributed by atoms with E-state index in [0.717, 1.165) is 0 Å². The number of rotatable bonds is 4. The first-order valence-corrected chi connectivity index (χ1v) is 5.73. The van der Waals surface area contributed by atoms with Crippen LogP contribution in [0.2, 0.25) is 0 Å². The molecule has 1 N–H and O–H groups in total. The molecule has 0 aromatic heterocycles. The number of likely N-dealkylation sites (N-methyl/N-ethyl adjacent to an activating group) is 1. The first-order valence-electron chi connectivity index (χ1n) is 4.94. The molecule has 0 spiro atoms. The fraction of sp³-hybridized carbons (Fsp3) is 0.273. The van der Waals surface area contributed by atoms with E-state index in [2.05, 4.69) is 21.2 Å². The number of ether oxygens (including phenoxy) is 2. The van der Waals surface area contributed by atoms with Gasteiger partial charge in [-0.05, 0) is 29.0 Å². The second kappa shape index (κ2) is 4.85. The molecule has 0 fully saturated rings. The second-order valence-corrected chi connectivity index (χ2v) is 4.31. The zero-order valence-corrected chi connectivity index (χ0v) is 10.7. The number of hydrogen-bond acceptors (Lipinski definition) is 5. The predicted octanol–water partition coefficient (Wildman–Crippen LogP) is 1.39. The molecule has 90 valence electrons. The molecule has 1 aliphatic heterocycles. The van der Waals surface area contributed by atoms with Crippen molar-refractivity contribution in [3.05, 3.63) is 21.7 Å². The van der Waals surface area contributed by atoms with Crippen LogP contribution in [0.15, 0.2) is 10.5 Å². The van der Waals surface area contributed by atoms with E-state index in [1.54, 1.807) is 13.1 Å². The van der Waals surface area contributed by atoms with Crippen LogP contribution in [-0.2, 0) is 0 Å². The standard InChI is InChI=1S/C11H10BrNO4/c1-13-3-8(15)9-7(12)2-6(4-14)10-11(9)17-5-16-10/h2,4,13H,3,5H2,1H3. The molecular weight excluding hydrogens is 290 g/mol. The van der Waals surface area contributed by atoms with Crippen molar-refractivity contribution in [2.45, 2.75) is 0 Å². The zero-order valence-electron chi connectivity index (χ0n) is 9.08. The fourth-order valence-corrected chi connectivity index (χ4v) is 2.31. The van der Waals surface area contributed by atoms with E-state index in [1.165, 1.54) is 0 Å². The summed E-state index contributed by atoms with van der Waals surface area (Å²) in [5, 5.41) is 2.78. The summed E-state index contributed by atoms with van der Waals surface area (Å²) in [4.78, 5) is 22.8. The van der Waals surface area contributed by atoms with Crippen molar-refractivity contribution in [1.82, 2.24) is 5.32 Å². The highest BCUT2D eigenvalue weighted by atomic mass is 79.9. The van der Waals surface area contributed by atoms with Gasteiger partial charge in [-0.25, -0.2) is 0 Å². The van der Waals surface area contributed by atoms with E-state index in [-0.39, 0.29) is 19.1 Å². The summed E-state index contributed by atoms with van der Waals surface area (Å²) in [5.74, 6) is 0.544. The highest BCUT2D eigenvalue weighted by Gasteiger charge is 2.27. The van der Waals surface area contributed by atoms with Gasteiger partial charge in [-0.3, -0.25) is 9.59 Å². The largest absolute Gasteiger partial charge is 0.453 e. The Labute approximate surface area is 106 Å². The van der Waals surface area contributed by atoms with Crippen LogP contribution in [0.5, 0.6) is 11.5 Å². The smallest absolute Gasteiger partial charge is 0.231 e. The number of nitrogens with one attached hydrogen (secondary N) is 1. The quantitative estimate of drug-likeness (QED) is 0.672. The predicted molar refractivity (Wildman–Crippen MR) is 63.9 cm³/mol. The molecule has 0 bridgehead atoms. The van der Waals surface area contributed by atoms with Gasteiger partial charge in [0, 0.05) is 4.47 Å². The van der Waals surface area contributed by atoms with Crippen LogP contribution >= 0.6 is 15.9 Å². The number of hydrogen-bond donors (Lipinski definition) is 1. The van der Waals surface area contributed by atoms with Gasteiger partial charge in [-0.1, -0.05) is 0 Å². The number of Topliss-reactive ketones (excluding diaryl/α,β-unsaturated/α-hetero) is 1.